The second-order valence-corrected chi connectivity index (χ2v) is 9.01. The molecule has 28 heavy (non-hydrogen) atoms. The molecule has 152 valence electrons. The average molecular weight is 385 g/mol. The summed E-state index contributed by atoms with van der Waals surface area (Å²) < 4.78 is 0. The van der Waals surface area contributed by atoms with Crippen LogP contribution in [-0.4, -0.2) is 61.7 Å². The molecule has 2 heterocycles. The molecular formula is C22H32N4O2. The summed E-state index contributed by atoms with van der Waals surface area (Å²) in [6, 6.07) is 6.22. The first-order valence-corrected chi connectivity index (χ1v) is 10.0. The number of hydrogen-bond donors (Lipinski definition) is 0. The second-order valence-electron chi connectivity index (χ2n) is 9.01. The summed E-state index contributed by atoms with van der Waals surface area (Å²) in [6.07, 6.45) is 1.88. The van der Waals surface area contributed by atoms with Crippen LogP contribution in [0, 0.1) is 5.92 Å². The van der Waals surface area contributed by atoms with Gasteiger partial charge in [0.1, 0.15) is 0 Å². The van der Waals surface area contributed by atoms with E-state index in [1.54, 1.807) is 9.91 Å². The molecule has 0 radical (unpaired) electrons. The van der Waals surface area contributed by atoms with Crippen LogP contribution in [0.5, 0.6) is 0 Å². The van der Waals surface area contributed by atoms with E-state index >= 15 is 0 Å². The van der Waals surface area contributed by atoms with Gasteiger partial charge in [0.05, 0.1) is 5.71 Å². The third-order valence-corrected chi connectivity index (χ3v) is 5.79. The van der Waals surface area contributed by atoms with Crippen molar-refractivity contribution in [1.29, 1.82) is 0 Å². The van der Waals surface area contributed by atoms with Crippen LogP contribution >= 0.6 is 0 Å². The number of anilines is 1. The van der Waals surface area contributed by atoms with Crippen LogP contribution in [0.3, 0.4) is 0 Å². The molecule has 3 rings (SSSR count). The second kappa shape index (κ2) is 7.66. The summed E-state index contributed by atoms with van der Waals surface area (Å²) >= 11 is 0. The Hall–Kier alpha value is -2.21. The van der Waals surface area contributed by atoms with E-state index in [2.05, 4.69) is 31.7 Å². The van der Waals surface area contributed by atoms with Crippen molar-refractivity contribution in [3.8, 4) is 0 Å². The van der Waals surface area contributed by atoms with Gasteiger partial charge in [-0.15, -0.1) is 0 Å². The van der Waals surface area contributed by atoms with Crippen LogP contribution in [0.1, 0.15) is 51.2 Å². The van der Waals surface area contributed by atoms with Crippen LogP contribution in [0.15, 0.2) is 23.3 Å². The standard InChI is InChI=1S/C22H32N4O2/c1-15-12-19(27)26(11-7-10-24(4)5)23-21(15)16-8-9-18-17(13-16)22(2,3)14-20(28)25(18)6/h8-9,13,15H,7,10-12,14H2,1-6H3. The smallest absolute Gasteiger partial charge is 0.243 e. The summed E-state index contributed by atoms with van der Waals surface area (Å²) in [4.78, 5) is 28.6. The zero-order chi connectivity index (χ0) is 20.6. The lowest BCUT2D eigenvalue weighted by Gasteiger charge is -2.37. The zero-order valence-electron chi connectivity index (χ0n) is 18.0. The van der Waals surface area contributed by atoms with E-state index < -0.39 is 0 Å². The third kappa shape index (κ3) is 3.97. The Morgan fingerprint density at radius 2 is 1.93 bits per heavy atom. The molecular weight excluding hydrogens is 352 g/mol. The molecule has 6 nitrogen and oxygen atoms in total. The number of amides is 2. The summed E-state index contributed by atoms with van der Waals surface area (Å²) in [5.41, 5.74) is 3.93. The molecule has 0 bridgehead atoms. The number of hydrogen-bond acceptors (Lipinski definition) is 4. The maximum absolute atomic E-state index is 12.4. The van der Waals surface area contributed by atoms with Crippen LogP contribution in [0.4, 0.5) is 5.69 Å². The van der Waals surface area contributed by atoms with E-state index in [0.29, 0.717) is 19.4 Å². The summed E-state index contributed by atoms with van der Waals surface area (Å²) in [5, 5.41) is 6.38. The highest BCUT2D eigenvalue weighted by atomic mass is 16.2. The van der Waals surface area contributed by atoms with Crippen molar-refractivity contribution < 1.29 is 9.59 Å². The molecule has 2 aliphatic heterocycles. The first-order chi connectivity index (χ1) is 13.1. The molecule has 0 aromatic heterocycles. The van der Waals surface area contributed by atoms with Crippen molar-refractivity contribution in [1.82, 2.24) is 9.91 Å². The van der Waals surface area contributed by atoms with Gasteiger partial charge in [0, 0.05) is 43.5 Å². The molecule has 0 fully saturated rings. The van der Waals surface area contributed by atoms with Gasteiger partial charge in [-0.3, -0.25) is 9.59 Å². The van der Waals surface area contributed by atoms with E-state index in [4.69, 9.17) is 5.10 Å². The van der Waals surface area contributed by atoms with Gasteiger partial charge in [0.2, 0.25) is 11.8 Å². The van der Waals surface area contributed by atoms with Gasteiger partial charge in [-0.05, 0) is 50.3 Å². The van der Waals surface area contributed by atoms with Gasteiger partial charge in [-0.25, -0.2) is 5.01 Å². The van der Waals surface area contributed by atoms with Crippen LogP contribution < -0.4 is 4.90 Å². The molecule has 0 N–H and O–H groups in total. The van der Waals surface area contributed by atoms with Crippen LogP contribution in [-0.2, 0) is 15.0 Å². The topological polar surface area (TPSA) is 56.2 Å². The fourth-order valence-corrected chi connectivity index (χ4v) is 4.06. The van der Waals surface area contributed by atoms with E-state index in [0.717, 1.165) is 35.5 Å². The van der Waals surface area contributed by atoms with Gasteiger partial charge >= 0.3 is 0 Å². The highest BCUT2D eigenvalue weighted by Gasteiger charge is 2.36. The Balaban J connectivity index is 1.93. The molecule has 2 aliphatic rings. The zero-order valence-corrected chi connectivity index (χ0v) is 18.0. The molecule has 1 atom stereocenters. The number of carbonyl (C=O) groups excluding carboxylic acids is 2. The average Bonchev–Trinajstić information content (AvgIpc) is 2.61. The number of benzene rings is 1. The summed E-state index contributed by atoms with van der Waals surface area (Å²) in [6.45, 7) is 7.86. The third-order valence-electron chi connectivity index (χ3n) is 5.79. The van der Waals surface area contributed by atoms with Crippen molar-refractivity contribution in [2.75, 3.05) is 39.1 Å². The Kier molecular flexibility index (Phi) is 5.62. The Morgan fingerprint density at radius 3 is 2.61 bits per heavy atom. The minimum Gasteiger partial charge on any atom is -0.315 e. The largest absolute Gasteiger partial charge is 0.315 e. The lowest BCUT2D eigenvalue weighted by atomic mass is 9.76. The molecule has 2 amide bonds. The van der Waals surface area contributed by atoms with Crippen molar-refractivity contribution in [2.45, 2.75) is 45.4 Å². The number of nitrogens with zero attached hydrogens (tertiary/aromatic N) is 4. The van der Waals surface area contributed by atoms with Gasteiger partial charge in [-0.1, -0.05) is 26.8 Å². The van der Waals surface area contributed by atoms with Crippen LogP contribution in [0.2, 0.25) is 0 Å². The molecule has 0 saturated carbocycles. The minimum atomic E-state index is -0.214. The molecule has 0 spiro atoms. The summed E-state index contributed by atoms with van der Waals surface area (Å²) in [7, 11) is 5.90. The molecule has 6 heteroatoms. The van der Waals surface area contributed by atoms with Crippen LogP contribution in [0.25, 0.3) is 0 Å². The molecule has 0 saturated heterocycles. The van der Waals surface area contributed by atoms with Crippen molar-refractivity contribution in [3.05, 3.63) is 29.3 Å². The maximum atomic E-state index is 12.4. The normalized spacial score (nSPS) is 21.8. The molecule has 1 aromatic carbocycles. The van der Waals surface area contributed by atoms with Crippen molar-refractivity contribution in [3.63, 3.8) is 0 Å². The first kappa shape index (κ1) is 20.5. The quantitative estimate of drug-likeness (QED) is 0.784. The van der Waals surface area contributed by atoms with Crippen molar-refractivity contribution >= 4 is 23.2 Å². The predicted octanol–water partition coefficient (Wildman–Crippen LogP) is 2.85. The monoisotopic (exact) mass is 384 g/mol. The highest BCUT2D eigenvalue weighted by molar-refractivity contribution is 6.07. The number of carbonyl (C=O) groups is 2. The first-order valence-electron chi connectivity index (χ1n) is 10.0. The van der Waals surface area contributed by atoms with E-state index in [-0.39, 0.29) is 23.1 Å². The van der Waals surface area contributed by atoms with Gasteiger partial charge < -0.3 is 9.80 Å². The fourth-order valence-electron chi connectivity index (χ4n) is 4.06. The Labute approximate surface area is 168 Å². The highest BCUT2D eigenvalue weighted by Crippen LogP contribution is 2.40. The predicted molar refractivity (Wildman–Crippen MR) is 113 cm³/mol. The van der Waals surface area contributed by atoms with Gasteiger partial charge in [0.15, 0.2) is 0 Å². The van der Waals surface area contributed by atoms with Gasteiger partial charge in [-0.2, -0.15) is 5.10 Å². The Bertz CT molecular complexity index is 813. The Morgan fingerprint density at radius 1 is 1.21 bits per heavy atom. The number of fused-ring (bicyclic) bond motifs is 1. The van der Waals surface area contributed by atoms with E-state index in [1.807, 2.05) is 33.3 Å². The number of rotatable bonds is 5. The fraction of sp³-hybridized carbons (Fsp3) is 0.591. The molecule has 0 aliphatic carbocycles. The lowest BCUT2D eigenvalue weighted by molar-refractivity contribution is -0.132. The summed E-state index contributed by atoms with van der Waals surface area (Å²) in [5.74, 6) is 0.326. The molecule has 1 unspecified atom stereocenters. The maximum Gasteiger partial charge on any atom is 0.243 e. The van der Waals surface area contributed by atoms with E-state index in [1.165, 1.54) is 0 Å². The van der Waals surface area contributed by atoms with Crippen molar-refractivity contribution in [2.24, 2.45) is 11.0 Å². The van der Waals surface area contributed by atoms with Gasteiger partial charge in [0.25, 0.3) is 0 Å². The van der Waals surface area contributed by atoms with E-state index in [9.17, 15) is 9.59 Å². The minimum absolute atomic E-state index is 0.0849. The lowest BCUT2D eigenvalue weighted by Crippen LogP contribution is -2.40. The molecule has 1 aromatic rings. The SMILES string of the molecule is CC1CC(=O)N(CCCN(C)C)N=C1c1ccc2c(c1)C(C)(C)CC(=O)N2C. The number of hydrazone groups is 1.